The molecule has 1 saturated heterocycles. The Morgan fingerprint density at radius 2 is 1.66 bits per heavy atom. The van der Waals surface area contributed by atoms with Crippen LogP contribution < -0.4 is 0 Å². The van der Waals surface area contributed by atoms with E-state index in [0.717, 1.165) is 39.6 Å². The molecule has 1 fully saturated rings. The highest BCUT2D eigenvalue weighted by atomic mass is 32.2. The van der Waals surface area contributed by atoms with Crippen molar-refractivity contribution in [2.45, 2.75) is 44.3 Å². The summed E-state index contributed by atoms with van der Waals surface area (Å²) in [6, 6.07) is 32.6. The number of aromatic nitrogens is 3. The van der Waals surface area contributed by atoms with E-state index in [1.165, 1.54) is 11.1 Å². The Balaban J connectivity index is 1.04. The maximum absolute atomic E-state index is 13.3. The van der Waals surface area contributed by atoms with E-state index in [4.69, 9.17) is 0 Å². The summed E-state index contributed by atoms with van der Waals surface area (Å²) >= 11 is 1.64. The summed E-state index contributed by atoms with van der Waals surface area (Å²) in [5.41, 5.74) is 4.10. The van der Waals surface area contributed by atoms with Gasteiger partial charge in [0.1, 0.15) is 5.82 Å². The van der Waals surface area contributed by atoms with Crippen LogP contribution in [0, 0.1) is 6.92 Å². The van der Waals surface area contributed by atoms with Gasteiger partial charge in [0.05, 0.1) is 0 Å². The van der Waals surface area contributed by atoms with Gasteiger partial charge in [0.2, 0.25) is 5.91 Å². The molecule has 6 rings (SSSR count). The van der Waals surface area contributed by atoms with E-state index >= 15 is 0 Å². The number of fused-ring (bicyclic) bond motifs is 1. The smallest absolute Gasteiger partial charge is 0.254 e. The number of carbonyl (C=O) groups is 2. The molecule has 1 aliphatic heterocycles. The van der Waals surface area contributed by atoms with Crippen molar-refractivity contribution in [3.63, 3.8) is 0 Å². The Hall–Kier alpha value is -4.43. The highest BCUT2D eigenvalue weighted by Gasteiger charge is 2.30. The summed E-state index contributed by atoms with van der Waals surface area (Å²) in [5, 5.41) is 12.1. The number of hydrogen-bond acceptors (Lipinski definition) is 5. The molecule has 1 unspecified atom stereocenters. The molecule has 8 heteroatoms. The minimum atomic E-state index is -0.0445. The topological polar surface area (TPSA) is 71.3 Å². The summed E-state index contributed by atoms with van der Waals surface area (Å²) in [6.07, 6.45) is 1.89. The molecule has 1 atom stereocenters. The fraction of sp³-hybridized carbons (Fsp3) is 0.278. The molecule has 0 spiro atoms. The lowest BCUT2D eigenvalue weighted by molar-refractivity contribution is -0.133. The number of carbonyl (C=O) groups excluding carboxylic acids is 2. The van der Waals surface area contributed by atoms with Crippen molar-refractivity contribution in [2.24, 2.45) is 0 Å². The predicted octanol–water partition coefficient (Wildman–Crippen LogP) is 6.57. The van der Waals surface area contributed by atoms with Crippen molar-refractivity contribution in [1.29, 1.82) is 0 Å². The largest absolute Gasteiger partial charge is 0.339 e. The van der Waals surface area contributed by atoms with Crippen molar-refractivity contribution < 1.29 is 9.59 Å². The number of benzene rings is 4. The van der Waals surface area contributed by atoms with Crippen molar-refractivity contribution >= 4 is 34.3 Å². The Kier molecular flexibility index (Phi) is 9.07. The molecule has 2 heterocycles. The number of aryl methyl sites for hydroxylation is 1. The summed E-state index contributed by atoms with van der Waals surface area (Å²) < 4.78 is 2.14. The monoisotopic (exact) mass is 603 g/mol. The fourth-order valence-corrected chi connectivity index (χ4v) is 6.74. The van der Waals surface area contributed by atoms with Crippen LogP contribution in [-0.2, 0) is 11.2 Å². The highest BCUT2D eigenvalue weighted by Crippen LogP contribution is 2.26. The van der Waals surface area contributed by atoms with Gasteiger partial charge in [-0.1, -0.05) is 84.6 Å². The summed E-state index contributed by atoms with van der Waals surface area (Å²) in [5.74, 6) is 1.82. The van der Waals surface area contributed by atoms with Crippen molar-refractivity contribution in [2.75, 3.05) is 25.4 Å². The number of thioether (sulfide) groups is 1. The number of piperazine rings is 1. The highest BCUT2D eigenvalue weighted by molar-refractivity contribution is 7.99. The Bertz CT molecular complexity index is 1770. The molecular formula is C36H37N5O2S. The van der Waals surface area contributed by atoms with Gasteiger partial charge < -0.3 is 9.80 Å². The standard InChI is InChI=1S/C36H37N5O2S/c1-26-10-8-15-32(22-26)41-33(23-28-11-4-3-5-12-28)37-38-36(41)44-21-9-16-34(42)39-19-20-40(27(2)25-39)35(43)31-18-17-29-13-6-7-14-30(29)24-31/h3-8,10-15,17-18,22,24,27H,9,16,19-21,23,25H2,1-2H3. The lowest BCUT2D eigenvalue weighted by atomic mass is 10.0. The Morgan fingerprint density at radius 1 is 0.864 bits per heavy atom. The molecule has 44 heavy (non-hydrogen) atoms. The van der Waals surface area contributed by atoms with Crippen molar-refractivity contribution in [1.82, 2.24) is 24.6 Å². The van der Waals surface area contributed by atoms with Gasteiger partial charge in [-0.25, -0.2) is 0 Å². The Labute approximate surface area is 262 Å². The molecule has 0 aliphatic carbocycles. The van der Waals surface area contributed by atoms with E-state index < -0.39 is 0 Å². The van der Waals surface area contributed by atoms with Crippen LogP contribution in [0.5, 0.6) is 0 Å². The molecule has 1 aliphatic rings. The lowest BCUT2D eigenvalue weighted by Crippen LogP contribution is -2.55. The average molecular weight is 604 g/mol. The molecule has 2 amide bonds. The van der Waals surface area contributed by atoms with Gasteiger partial charge >= 0.3 is 0 Å². The van der Waals surface area contributed by atoms with Crippen LogP contribution in [0.15, 0.2) is 102 Å². The first-order chi connectivity index (χ1) is 21.5. The molecule has 0 radical (unpaired) electrons. The summed E-state index contributed by atoms with van der Waals surface area (Å²) in [7, 11) is 0. The van der Waals surface area contributed by atoms with E-state index in [1.807, 2.05) is 77.4 Å². The third kappa shape index (κ3) is 6.70. The van der Waals surface area contributed by atoms with E-state index in [2.05, 4.69) is 58.1 Å². The number of hydrogen-bond donors (Lipinski definition) is 0. The minimum absolute atomic E-state index is 0.0242. The van der Waals surface area contributed by atoms with E-state index in [1.54, 1.807) is 11.8 Å². The lowest BCUT2D eigenvalue weighted by Gasteiger charge is -2.40. The van der Waals surface area contributed by atoms with Gasteiger partial charge in [0.25, 0.3) is 5.91 Å². The molecular weight excluding hydrogens is 566 g/mol. The second kappa shape index (κ2) is 13.5. The van der Waals surface area contributed by atoms with Gasteiger partial charge in [-0.2, -0.15) is 0 Å². The van der Waals surface area contributed by atoms with E-state index in [-0.39, 0.29) is 17.9 Å². The summed E-state index contributed by atoms with van der Waals surface area (Å²) in [6.45, 7) is 5.76. The van der Waals surface area contributed by atoms with Gasteiger partial charge in [-0.15, -0.1) is 10.2 Å². The maximum atomic E-state index is 13.3. The van der Waals surface area contributed by atoms with E-state index in [9.17, 15) is 9.59 Å². The molecule has 0 N–H and O–H groups in total. The zero-order valence-electron chi connectivity index (χ0n) is 25.2. The Morgan fingerprint density at radius 3 is 2.45 bits per heavy atom. The van der Waals surface area contributed by atoms with Gasteiger partial charge in [-0.3, -0.25) is 14.2 Å². The average Bonchev–Trinajstić information content (AvgIpc) is 3.44. The van der Waals surface area contributed by atoms with Crippen molar-refractivity contribution in [3.05, 3.63) is 120 Å². The first-order valence-electron chi connectivity index (χ1n) is 15.2. The minimum Gasteiger partial charge on any atom is -0.339 e. The molecule has 224 valence electrons. The van der Waals surface area contributed by atoms with E-state index in [0.29, 0.717) is 38.0 Å². The fourth-order valence-electron chi connectivity index (χ4n) is 5.83. The van der Waals surface area contributed by atoms with Crippen LogP contribution in [0.2, 0.25) is 0 Å². The quantitative estimate of drug-likeness (QED) is 0.141. The SMILES string of the molecule is Cc1cccc(-n2c(Cc3ccccc3)nnc2SCCCC(=O)N2CCN(C(=O)c3ccc4ccccc4c3)C(C)C2)c1. The zero-order valence-corrected chi connectivity index (χ0v) is 26.0. The molecule has 0 bridgehead atoms. The number of rotatable bonds is 9. The first-order valence-corrected chi connectivity index (χ1v) is 16.2. The van der Waals surface area contributed by atoms with Crippen LogP contribution in [-0.4, -0.2) is 67.8 Å². The van der Waals surface area contributed by atoms with Crippen LogP contribution in [0.1, 0.15) is 47.1 Å². The third-order valence-electron chi connectivity index (χ3n) is 8.17. The van der Waals surface area contributed by atoms with Crippen LogP contribution in [0.25, 0.3) is 16.5 Å². The third-order valence-corrected chi connectivity index (χ3v) is 9.18. The number of amides is 2. The summed E-state index contributed by atoms with van der Waals surface area (Å²) in [4.78, 5) is 30.3. The first kappa shape index (κ1) is 29.6. The van der Waals surface area contributed by atoms with Crippen LogP contribution in [0.4, 0.5) is 0 Å². The van der Waals surface area contributed by atoms with Gasteiger partial charge in [0.15, 0.2) is 5.16 Å². The molecule has 4 aromatic carbocycles. The number of nitrogens with zero attached hydrogens (tertiary/aromatic N) is 5. The van der Waals surface area contributed by atoms with Crippen LogP contribution in [0.3, 0.4) is 0 Å². The molecule has 0 saturated carbocycles. The second-order valence-corrected chi connectivity index (χ2v) is 12.5. The van der Waals surface area contributed by atoms with Gasteiger partial charge in [0, 0.05) is 55.5 Å². The molecule has 1 aromatic heterocycles. The van der Waals surface area contributed by atoms with Crippen molar-refractivity contribution in [3.8, 4) is 5.69 Å². The second-order valence-electron chi connectivity index (χ2n) is 11.4. The van der Waals surface area contributed by atoms with Crippen LogP contribution >= 0.6 is 11.8 Å². The molecule has 5 aromatic rings. The molecule has 7 nitrogen and oxygen atoms in total. The predicted molar refractivity (Wildman–Crippen MR) is 176 cm³/mol. The zero-order chi connectivity index (χ0) is 30.5. The van der Waals surface area contributed by atoms with Gasteiger partial charge in [-0.05, 0) is 66.4 Å². The maximum Gasteiger partial charge on any atom is 0.254 e. The normalized spacial score (nSPS) is 15.1.